The minimum Gasteiger partial charge on any atom is -0.447 e. The van der Waals surface area contributed by atoms with Crippen LogP contribution in [0.25, 0.3) is 22.3 Å². The molecule has 0 aliphatic carbocycles. The highest BCUT2D eigenvalue weighted by Gasteiger charge is 2.18. The van der Waals surface area contributed by atoms with Gasteiger partial charge in [0.2, 0.25) is 0 Å². The van der Waals surface area contributed by atoms with E-state index in [1.807, 2.05) is 60.7 Å². The smallest absolute Gasteiger partial charge is 0.340 e. The summed E-state index contributed by atoms with van der Waals surface area (Å²) in [6, 6.07) is 20.5. The van der Waals surface area contributed by atoms with Crippen LogP contribution in [-0.4, -0.2) is 27.3 Å². The second-order valence-electron chi connectivity index (χ2n) is 6.32. The Balaban J connectivity index is 1.83. The van der Waals surface area contributed by atoms with Crippen LogP contribution in [0.1, 0.15) is 15.9 Å². The number of hydrogen-bond donors (Lipinski definition) is 0. The van der Waals surface area contributed by atoms with Gasteiger partial charge in [-0.2, -0.15) is 10.4 Å². The summed E-state index contributed by atoms with van der Waals surface area (Å²) in [6.07, 6.45) is 1.59. The standard InChI is InChI=1S/C22H15ClN4O2/c23-17-8-6-15(7-9-17)14-27-21-19(13-25-27)18(22(28)29-11-10-24)12-20(26-21)16-4-2-1-3-5-16/h1-9,12-13H,11,14H2. The minimum atomic E-state index is -0.581. The molecular formula is C22H15ClN4O2. The molecule has 0 saturated heterocycles. The molecule has 142 valence electrons. The van der Waals surface area contributed by atoms with Crippen molar-refractivity contribution >= 4 is 28.6 Å². The topological polar surface area (TPSA) is 80.8 Å². The fraction of sp³-hybridized carbons (Fsp3) is 0.0909. The molecule has 4 rings (SSSR count). The number of nitrogens with zero attached hydrogens (tertiary/aromatic N) is 4. The Morgan fingerprint density at radius 2 is 1.90 bits per heavy atom. The number of ether oxygens (including phenoxy) is 1. The van der Waals surface area contributed by atoms with E-state index in [2.05, 4.69) is 5.10 Å². The zero-order chi connectivity index (χ0) is 20.2. The first kappa shape index (κ1) is 18.7. The third kappa shape index (κ3) is 3.96. The van der Waals surface area contributed by atoms with E-state index in [9.17, 15) is 4.79 Å². The van der Waals surface area contributed by atoms with Crippen molar-refractivity contribution in [3.05, 3.63) is 83.0 Å². The summed E-state index contributed by atoms with van der Waals surface area (Å²) in [6.45, 7) is 0.154. The van der Waals surface area contributed by atoms with Gasteiger partial charge in [-0.15, -0.1) is 0 Å². The lowest BCUT2D eigenvalue weighted by Gasteiger charge is -2.09. The van der Waals surface area contributed by atoms with Gasteiger partial charge < -0.3 is 4.74 Å². The van der Waals surface area contributed by atoms with Crippen molar-refractivity contribution < 1.29 is 9.53 Å². The van der Waals surface area contributed by atoms with Crippen LogP contribution in [0.15, 0.2) is 66.9 Å². The SMILES string of the molecule is N#CCOC(=O)c1cc(-c2ccccc2)nc2c1cnn2Cc1ccc(Cl)cc1. The Labute approximate surface area is 171 Å². The Hall–Kier alpha value is -3.69. The summed E-state index contributed by atoms with van der Waals surface area (Å²) >= 11 is 5.97. The van der Waals surface area contributed by atoms with Gasteiger partial charge in [-0.05, 0) is 23.8 Å². The van der Waals surface area contributed by atoms with E-state index in [4.69, 9.17) is 26.6 Å². The van der Waals surface area contributed by atoms with E-state index in [0.29, 0.717) is 33.9 Å². The molecule has 0 bridgehead atoms. The first-order valence-electron chi connectivity index (χ1n) is 8.86. The number of carbonyl (C=O) groups excluding carboxylic acids is 1. The molecule has 0 amide bonds. The summed E-state index contributed by atoms with van der Waals surface area (Å²) in [5.74, 6) is -0.581. The fourth-order valence-electron chi connectivity index (χ4n) is 3.03. The number of halogens is 1. The van der Waals surface area contributed by atoms with E-state index in [1.165, 1.54) is 0 Å². The highest BCUT2D eigenvalue weighted by atomic mass is 35.5. The van der Waals surface area contributed by atoms with Gasteiger partial charge in [0.1, 0.15) is 6.07 Å². The number of benzene rings is 2. The number of fused-ring (bicyclic) bond motifs is 1. The third-order valence-electron chi connectivity index (χ3n) is 4.41. The number of aromatic nitrogens is 3. The Bertz CT molecular complexity index is 1210. The van der Waals surface area contributed by atoms with Crippen molar-refractivity contribution in [2.24, 2.45) is 0 Å². The number of pyridine rings is 1. The van der Waals surface area contributed by atoms with Crippen LogP contribution in [0.3, 0.4) is 0 Å². The van der Waals surface area contributed by atoms with Gasteiger partial charge in [-0.3, -0.25) is 0 Å². The molecule has 7 heteroatoms. The molecule has 0 fully saturated rings. The predicted molar refractivity (Wildman–Crippen MR) is 109 cm³/mol. The van der Waals surface area contributed by atoms with Gasteiger partial charge in [0, 0.05) is 10.6 Å². The normalized spacial score (nSPS) is 10.6. The maximum absolute atomic E-state index is 12.6. The van der Waals surface area contributed by atoms with Gasteiger partial charge in [-0.1, -0.05) is 54.1 Å². The largest absolute Gasteiger partial charge is 0.447 e. The molecular weight excluding hydrogens is 388 g/mol. The number of nitriles is 1. The number of esters is 1. The number of hydrogen-bond acceptors (Lipinski definition) is 5. The highest BCUT2D eigenvalue weighted by molar-refractivity contribution is 6.30. The lowest BCUT2D eigenvalue weighted by Crippen LogP contribution is -2.08. The van der Waals surface area contributed by atoms with Crippen LogP contribution < -0.4 is 0 Å². The first-order chi connectivity index (χ1) is 14.2. The summed E-state index contributed by atoms with van der Waals surface area (Å²) in [5.41, 5.74) is 3.37. The average molecular weight is 403 g/mol. The molecule has 6 nitrogen and oxygen atoms in total. The maximum Gasteiger partial charge on any atom is 0.340 e. The zero-order valence-corrected chi connectivity index (χ0v) is 16.0. The zero-order valence-electron chi connectivity index (χ0n) is 15.2. The summed E-state index contributed by atoms with van der Waals surface area (Å²) in [7, 11) is 0. The molecule has 0 aliphatic heterocycles. The van der Waals surface area contributed by atoms with Crippen LogP contribution in [0, 0.1) is 11.3 Å². The highest BCUT2D eigenvalue weighted by Crippen LogP contribution is 2.26. The van der Waals surface area contributed by atoms with Crippen molar-refractivity contribution in [3.63, 3.8) is 0 Å². The van der Waals surface area contributed by atoms with Crippen molar-refractivity contribution in [1.29, 1.82) is 5.26 Å². The van der Waals surface area contributed by atoms with Crippen molar-refractivity contribution in [2.75, 3.05) is 6.61 Å². The van der Waals surface area contributed by atoms with E-state index in [0.717, 1.165) is 11.1 Å². The molecule has 0 N–H and O–H groups in total. The van der Waals surface area contributed by atoms with E-state index >= 15 is 0 Å². The summed E-state index contributed by atoms with van der Waals surface area (Å²) in [5, 5.41) is 14.4. The van der Waals surface area contributed by atoms with Crippen LogP contribution in [0.4, 0.5) is 0 Å². The van der Waals surface area contributed by atoms with Crippen LogP contribution in [0.2, 0.25) is 5.02 Å². The molecule has 0 aliphatic rings. The molecule has 2 heterocycles. The molecule has 2 aromatic carbocycles. The van der Waals surface area contributed by atoms with Crippen LogP contribution >= 0.6 is 11.6 Å². The van der Waals surface area contributed by atoms with Crippen molar-refractivity contribution in [3.8, 4) is 17.3 Å². The maximum atomic E-state index is 12.6. The number of carbonyl (C=O) groups is 1. The average Bonchev–Trinajstić information content (AvgIpc) is 3.16. The molecule has 0 radical (unpaired) electrons. The molecule has 2 aromatic heterocycles. The molecule has 4 aromatic rings. The Morgan fingerprint density at radius 3 is 2.62 bits per heavy atom. The molecule has 0 saturated carbocycles. The molecule has 0 atom stereocenters. The first-order valence-corrected chi connectivity index (χ1v) is 9.24. The van der Waals surface area contributed by atoms with E-state index in [1.54, 1.807) is 16.9 Å². The second kappa shape index (κ2) is 8.13. The summed E-state index contributed by atoms with van der Waals surface area (Å²) in [4.78, 5) is 17.3. The van der Waals surface area contributed by atoms with Gasteiger partial charge in [-0.25, -0.2) is 14.5 Å². The van der Waals surface area contributed by atoms with Crippen molar-refractivity contribution in [1.82, 2.24) is 14.8 Å². The molecule has 0 unspecified atom stereocenters. The van der Waals surface area contributed by atoms with Crippen LogP contribution in [-0.2, 0) is 11.3 Å². The van der Waals surface area contributed by atoms with Crippen LogP contribution in [0.5, 0.6) is 0 Å². The predicted octanol–water partition coefficient (Wildman–Crippen LogP) is 4.48. The monoisotopic (exact) mass is 402 g/mol. The lowest BCUT2D eigenvalue weighted by atomic mass is 10.1. The van der Waals surface area contributed by atoms with E-state index < -0.39 is 5.97 Å². The molecule has 29 heavy (non-hydrogen) atoms. The second-order valence-corrected chi connectivity index (χ2v) is 6.76. The van der Waals surface area contributed by atoms with Gasteiger partial charge in [0.05, 0.1) is 29.4 Å². The quantitative estimate of drug-likeness (QED) is 0.460. The van der Waals surface area contributed by atoms with Gasteiger partial charge >= 0.3 is 5.97 Å². The van der Waals surface area contributed by atoms with Gasteiger partial charge in [0.25, 0.3) is 0 Å². The fourth-order valence-corrected chi connectivity index (χ4v) is 3.15. The number of rotatable bonds is 5. The molecule has 0 spiro atoms. The summed E-state index contributed by atoms with van der Waals surface area (Å²) < 4.78 is 6.77. The Morgan fingerprint density at radius 1 is 1.14 bits per heavy atom. The third-order valence-corrected chi connectivity index (χ3v) is 4.66. The van der Waals surface area contributed by atoms with Crippen molar-refractivity contribution in [2.45, 2.75) is 6.54 Å². The van der Waals surface area contributed by atoms with E-state index in [-0.39, 0.29) is 6.61 Å². The van der Waals surface area contributed by atoms with Gasteiger partial charge in [0.15, 0.2) is 12.3 Å². The lowest BCUT2D eigenvalue weighted by molar-refractivity contribution is 0.0557. The Kier molecular flexibility index (Phi) is 5.23. The minimum absolute atomic E-state index is 0.317.